The van der Waals surface area contributed by atoms with Crippen molar-refractivity contribution in [2.45, 2.75) is 20.0 Å². The molecule has 0 bridgehead atoms. The van der Waals surface area contributed by atoms with Crippen LogP contribution in [0.15, 0.2) is 48.5 Å². The molecule has 0 unspecified atom stereocenters. The van der Waals surface area contributed by atoms with Crippen LogP contribution < -0.4 is 10.1 Å². The number of hydrogen-bond acceptors (Lipinski definition) is 6. The van der Waals surface area contributed by atoms with Gasteiger partial charge in [-0.3, -0.25) is 19.7 Å². The number of nitrogens with zero attached hydrogens (tertiary/aromatic N) is 1. The number of nitro benzene ring substituents is 1. The Bertz CT molecular complexity index is 804. The minimum Gasteiger partial charge on any atom is -0.493 e. The lowest BCUT2D eigenvalue weighted by Gasteiger charge is -2.10. The van der Waals surface area contributed by atoms with E-state index in [0.717, 1.165) is 5.56 Å². The molecule has 0 saturated heterocycles. The predicted octanol–water partition coefficient (Wildman–Crippen LogP) is 2.86. The molecule has 8 nitrogen and oxygen atoms in total. The molecule has 0 heterocycles. The molecule has 0 aliphatic rings. The normalized spacial score (nSPS) is 10.1. The third-order valence-corrected chi connectivity index (χ3v) is 3.62. The maximum Gasteiger partial charge on any atom is 0.307 e. The van der Waals surface area contributed by atoms with E-state index >= 15 is 0 Å². The van der Waals surface area contributed by atoms with Crippen molar-refractivity contribution in [3.05, 3.63) is 69.8 Å². The second-order valence-electron chi connectivity index (χ2n) is 5.51. The van der Waals surface area contributed by atoms with Crippen molar-refractivity contribution in [3.8, 4) is 5.75 Å². The average Bonchev–Trinajstić information content (AvgIpc) is 2.67. The number of benzene rings is 2. The highest BCUT2D eigenvalue weighted by Crippen LogP contribution is 2.19. The first-order valence-electron chi connectivity index (χ1n) is 8.40. The molecule has 0 aliphatic carbocycles. The minimum atomic E-state index is -0.540. The van der Waals surface area contributed by atoms with Gasteiger partial charge in [0.05, 0.1) is 18.0 Å². The Morgan fingerprint density at radius 1 is 1.11 bits per heavy atom. The van der Waals surface area contributed by atoms with Gasteiger partial charge in [0.15, 0.2) is 0 Å². The van der Waals surface area contributed by atoms with E-state index in [1.807, 2.05) is 25.1 Å². The molecule has 8 heteroatoms. The molecule has 1 N–H and O–H groups in total. The van der Waals surface area contributed by atoms with Gasteiger partial charge in [-0.25, -0.2) is 0 Å². The van der Waals surface area contributed by atoms with E-state index in [2.05, 4.69) is 5.32 Å². The van der Waals surface area contributed by atoms with Gasteiger partial charge in [-0.05, 0) is 25.1 Å². The van der Waals surface area contributed by atoms with E-state index in [9.17, 15) is 19.7 Å². The lowest BCUT2D eigenvalue weighted by atomic mass is 10.2. The molecule has 0 fully saturated rings. The Balaban J connectivity index is 1.76. The molecule has 0 saturated carbocycles. The Labute approximate surface area is 156 Å². The van der Waals surface area contributed by atoms with Crippen molar-refractivity contribution in [2.75, 3.05) is 13.2 Å². The number of non-ortho nitro benzene ring substituents is 1. The molecule has 0 radical (unpaired) electrons. The summed E-state index contributed by atoms with van der Waals surface area (Å²) in [5.41, 5.74) is 0.949. The van der Waals surface area contributed by atoms with Gasteiger partial charge in [0.25, 0.3) is 11.6 Å². The second kappa shape index (κ2) is 9.91. The van der Waals surface area contributed by atoms with Crippen LogP contribution in [0.1, 0.15) is 29.3 Å². The summed E-state index contributed by atoms with van der Waals surface area (Å²) in [6, 6.07) is 12.5. The number of carbonyl (C=O) groups excluding carboxylic acids is 2. The van der Waals surface area contributed by atoms with Crippen molar-refractivity contribution >= 4 is 17.6 Å². The quantitative estimate of drug-likeness (QED) is 0.412. The Kier molecular flexibility index (Phi) is 7.30. The molecule has 2 rings (SSSR count). The summed E-state index contributed by atoms with van der Waals surface area (Å²) < 4.78 is 10.7. The topological polar surface area (TPSA) is 108 Å². The largest absolute Gasteiger partial charge is 0.493 e. The van der Waals surface area contributed by atoms with E-state index in [0.29, 0.717) is 12.4 Å². The molecule has 0 spiro atoms. The first-order chi connectivity index (χ1) is 13.0. The highest BCUT2D eigenvalue weighted by Gasteiger charge is 2.11. The van der Waals surface area contributed by atoms with Gasteiger partial charge in [0, 0.05) is 29.8 Å². The van der Waals surface area contributed by atoms with E-state index in [1.165, 1.54) is 24.3 Å². The van der Waals surface area contributed by atoms with Crippen LogP contribution in [0.25, 0.3) is 0 Å². The number of rotatable bonds is 9. The SMILES string of the molecule is CCOc1ccccc1COC(=O)CCNC(=O)c1ccc([N+](=O)[O-])cc1. The Hall–Kier alpha value is -3.42. The molecule has 27 heavy (non-hydrogen) atoms. The van der Waals surface area contributed by atoms with Crippen molar-refractivity contribution < 1.29 is 24.0 Å². The molecule has 1 amide bonds. The second-order valence-corrected chi connectivity index (χ2v) is 5.51. The summed E-state index contributed by atoms with van der Waals surface area (Å²) in [6.07, 6.45) is 0.00945. The first kappa shape index (κ1) is 19.9. The van der Waals surface area contributed by atoms with Gasteiger partial charge in [-0.1, -0.05) is 18.2 Å². The monoisotopic (exact) mass is 372 g/mol. The summed E-state index contributed by atoms with van der Waals surface area (Å²) in [7, 11) is 0. The van der Waals surface area contributed by atoms with E-state index in [1.54, 1.807) is 6.07 Å². The van der Waals surface area contributed by atoms with Crippen molar-refractivity contribution in [1.29, 1.82) is 0 Å². The summed E-state index contributed by atoms with van der Waals surface area (Å²) in [6.45, 7) is 2.57. The van der Waals surface area contributed by atoms with Gasteiger partial charge < -0.3 is 14.8 Å². The van der Waals surface area contributed by atoms with E-state index < -0.39 is 16.8 Å². The predicted molar refractivity (Wildman–Crippen MR) is 97.5 cm³/mol. The fourth-order valence-corrected chi connectivity index (χ4v) is 2.26. The summed E-state index contributed by atoms with van der Waals surface area (Å²) >= 11 is 0. The molecule has 2 aromatic carbocycles. The number of nitrogens with one attached hydrogen (secondary N) is 1. The number of para-hydroxylation sites is 1. The van der Waals surface area contributed by atoms with Crippen molar-refractivity contribution in [3.63, 3.8) is 0 Å². The Morgan fingerprint density at radius 3 is 2.48 bits per heavy atom. The molecule has 0 aromatic heterocycles. The summed E-state index contributed by atoms with van der Waals surface area (Å²) in [5.74, 6) is -0.205. The maximum atomic E-state index is 12.0. The third-order valence-electron chi connectivity index (χ3n) is 3.62. The standard InChI is InChI=1S/C19H20N2O6/c1-2-26-17-6-4-3-5-15(17)13-27-18(22)11-12-20-19(23)14-7-9-16(10-8-14)21(24)25/h3-10H,2,11-13H2,1H3,(H,20,23). The van der Waals surface area contributed by atoms with Gasteiger partial charge in [-0.2, -0.15) is 0 Å². The molecule has 0 aliphatic heterocycles. The lowest BCUT2D eigenvalue weighted by molar-refractivity contribution is -0.384. The summed E-state index contributed by atoms with van der Waals surface area (Å²) in [4.78, 5) is 33.8. The number of nitro groups is 1. The number of ether oxygens (including phenoxy) is 2. The van der Waals surface area contributed by atoms with Crippen molar-refractivity contribution in [1.82, 2.24) is 5.32 Å². The zero-order valence-corrected chi connectivity index (χ0v) is 14.8. The van der Waals surface area contributed by atoms with Gasteiger partial charge in [-0.15, -0.1) is 0 Å². The van der Waals surface area contributed by atoms with Crippen LogP contribution in [0.2, 0.25) is 0 Å². The highest BCUT2D eigenvalue weighted by molar-refractivity contribution is 5.94. The van der Waals surface area contributed by atoms with Gasteiger partial charge in [0.1, 0.15) is 12.4 Å². The van der Waals surface area contributed by atoms with Crippen LogP contribution in [-0.4, -0.2) is 30.0 Å². The zero-order chi connectivity index (χ0) is 19.6. The third kappa shape index (κ3) is 6.10. The first-order valence-corrected chi connectivity index (χ1v) is 8.40. The molecule has 0 atom stereocenters. The molecular formula is C19H20N2O6. The molecule has 142 valence electrons. The summed E-state index contributed by atoms with van der Waals surface area (Å²) in [5, 5.41) is 13.2. The number of carbonyl (C=O) groups is 2. The van der Waals surface area contributed by atoms with Crippen LogP contribution in [0.4, 0.5) is 5.69 Å². The number of esters is 1. The van der Waals surface area contributed by atoms with Crippen LogP contribution in [0.3, 0.4) is 0 Å². The van der Waals surface area contributed by atoms with Gasteiger partial charge >= 0.3 is 5.97 Å². The van der Waals surface area contributed by atoms with Crippen LogP contribution in [0, 0.1) is 10.1 Å². The molecular weight excluding hydrogens is 352 g/mol. The minimum absolute atomic E-state index is 0.00945. The maximum absolute atomic E-state index is 12.0. The van der Waals surface area contributed by atoms with Crippen LogP contribution in [-0.2, 0) is 16.1 Å². The van der Waals surface area contributed by atoms with E-state index in [4.69, 9.17) is 9.47 Å². The average molecular weight is 372 g/mol. The highest BCUT2D eigenvalue weighted by atomic mass is 16.6. The number of amides is 1. The van der Waals surface area contributed by atoms with Crippen LogP contribution >= 0.6 is 0 Å². The fraction of sp³-hybridized carbons (Fsp3) is 0.263. The van der Waals surface area contributed by atoms with Gasteiger partial charge in [0.2, 0.25) is 0 Å². The number of hydrogen-bond donors (Lipinski definition) is 1. The van der Waals surface area contributed by atoms with Crippen molar-refractivity contribution in [2.24, 2.45) is 0 Å². The molecule has 2 aromatic rings. The zero-order valence-electron chi connectivity index (χ0n) is 14.8. The fourth-order valence-electron chi connectivity index (χ4n) is 2.26. The lowest BCUT2D eigenvalue weighted by Crippen LogP contribution is -2.26. The van der Waals surface area contributed by atoms with Crippen LogP contribution in [0.5, 0.6) is 5.75 Å². The smallest absolute Gasteiger partial charge is 0.307 e. The van der Waals surface area contributed by atoms with E-state index in [-0.39, 0.29) is 30.8 Å². The Morgan fingerprint density at radius 2 is 1.81 bits per heavy atom.